The first-order valence-electron chi connectivity index (χ1n) is 7.24. The van der Waals surface area contributed by atoms with E-state index in [4.69, 9.17) is 5.73 Å². The number of piperidine rings is 1. The summed E-state index contributed by atoms with van der Waals surface area (Å²) in [7, 11) is 0. The second kappa shape index (κ2) is 6.05. The van der Waals surface area contributed by atoms with Gasteiger partial charge in [-0.2, -0.15) is 15.0 Å². The Labute approximate surface area is 123 Å². The monoisotopic (exact) mass is 285 g/mol. The van der Waals surface area contributed by atoms with E-state index in [1.54, 1.807) is 11.0 Å². The highest BCUT2D eigenvalue weighted by molar-refractivity contribution is 5.79. The van der Waals surface area contributed by atoms with E-state index in [0.717, 1.165) is 37.2 Å². The van der Waals surface area contributed by atoms with E-state index < -0.39 is 0 Å². The topological polar surface area (TPSA) is 77.0 Å². The van der Waals surface area contributed by atoms with Crippen molar-refractivity contribution < 1.29 is 4.79 Å². The van der Waals surface area contributed by atoms with Gasteiger partial charge in [0.2, 0.25) is 5.91 Å². The molecule has 21 heavy (non-hydrogen) atoms. The van der Waals surface area contributed by atoms with Gasteiger partial charge in [0, 0.05) is 6.54 Å². The lowest BCUT2D eigenvalue weighted by molar-refractivity contribution is -0.124. The van der Waals surface area contributed by atoms with Crippen molar-refractivity contribution in [2.24, 2.45) is 5.73 Å². The van der Waals surface area contributed by atoms with Crippen LogP contribution in [0.5, 0.6) is 0 Å². The number of carbonyl (C=O) groups is 1. The number of likely N-dealkylation sites (tertiary alicyclic amines) is 1. The van der Waals surface area contributed by atoms with Crippen molar-refractivity contribution in [2.45, 2.75) is 31.8 Å². The highest BCUT2D eigenvalue weighted by Crippen LogP contribution is 2.18. The Kier molecular flexibility index (Phi) is 3.96. The van der Waals surface area contributed by atoms with Crippen LogP contribution in [0.4, 0.5) is 0 Å². The molecule has 3 rings (SSSR count). The molecule has 1 atom stereocenters. The van der Waals surface area contributed by atoms with Crippen LogP contribution < -0.4 is 5.73 Å². The summed E-state index contributed by atoms with van der Waals surface area (Å²) in [6.45, 7) is 1.49. The number of aromatic nitrogens is 3. The molecule has 0 bridgehead atoms. The Morgan fingerprint density at radius 1 is 1.29 bits per heavy atom. The second-order valence-electron chi connectivity index (χ2n) is 5.35. The molecule has 0 saturated carbocycles. The zero-order valence-electron chi connectivity index (χ0n) is 11.9. The molecule has 0 spiro atoms. The molecule has 1 fully saturated rings. The molecule has 2 heterocycles. The van der Waals surface area contributed by atoms with Gasteiger partial charge in [-0.3, -0.25) is 9.69 Å². The third-order valence-electron chi connectivity index (χ3n) is 3.83. The van der Waals surface area contributed by atoms with E-state index in [-0.39, 0.29) is 11.9 Å². The molecule has 6 heteroatoms. The highest BCUT2D eigenvalue weighted by Gasteiger charge is 2.27. The maximum Gasteiger partial charge on any atom is 0.234 e. The molecule has 1 aromatic carbocycles. The van der Waals surface area contributed by atoms with Gasteiger partial charge < -0.3 is 5.73 Å². The van der Waals surface area contributed by atoms with Gasteiger partial charge in [-0.05, 0) is 31.5 Å². The van der Waals surface area contributed by atoms with Crippen molar-refractivity contribution in [3.63, 3.8) is 0 Å². The third-order valence-corrected chi connectivity index (χ3v) is 3.83. The summed E-state index contributed by atoms with van der Waals surface area (Å²) in [6.07, 6.45) is 4.74. The maximum atomic E-state index is 11.5. The van der Waals surface area contributed by atoms with Crippen LogP contribution in [0.3, 0.4) is 0 Å². The number of rotatable bonds is 4. The summed E-state index contributed by atoms with van der Waals surface area (Å²) in [4.78, 5) is 15.2. The zero-order chi connectivity index (χ0) is 14.7. The molecule has 0 radical (unpaired) electrons. The number of carbonyl (C=O) groups excluding carboxylic acids is 1. The molecular formula is C15H19N5O. The number of amides is 1. The van der Waals surface area contributed by atoms with Crippen LogP contribution in [0.25, 0.3) is 5.69 Å². The first-order valence-corrected chi connectivity index (χ1v) is 7.24. The van der Waals surface area contributed by atoms with Crippen molar-refractivity contribution in [3.8, 4) is 5.69 Å². The molecular weight excluding hydrogens is 266 g/mol. The third kappa shape index (κ3) is 3.11. The van der Waals surface area contributed by atoms with Gasteiger partial charge in [-0.25, -0.2) is 0 Å². The van der Waals surface area contributed by atoms with E-state index in [1.165, 1.54) is 0 Å². The lowest BCUT2D eigenvalue weighted by Gasteiger charge is -2.32. The number of hydrogen-bond donors (Lipinski definition) is 1. The smallest absolute Gasteiger partial charge is 0.234 e. The molecule has 110 valence electrons. The number of nitrogens with two attached hydrogens (primary N) is 1. The molecule has 1 saturated heterocycles. The number of nitrogens with zero attached hydrogens (tertiary/aromatic N) is 4. The van der Waals surface area contributed by atoms with Crippen LogP contribution in [0, 0.1) is 0 Å². The summed E-state index contributed by atoms with van der Waals surface area (Å²) < 4.78 is 0. The standard InChI is InChI=1S/C15H19N5O/c16-15(21)14-8-4-5-9-19(14)11-12-10-17-20(18-12)13-6-2-1-3-7-13/h1-3,6-7,10,14H,4-5,8-9,11H2,(H2,16,21)/t14-/m0/s1. The van der Waals surface area contributed by atoms with Gasteiger partial charge >= 0.3 is 0 Å². The van der Waals surface area contributed by atoms with E-state index in [0.29, 0.717) is 6.54 Å². The minimum Gasteiger partial charge on any atom is -0.368 e. The normalized spacial score (nSPS) is 19.5. The first kappa shape index (κ1) is 13.8. The van der Waals surface area contributed by atoms with E-state index >= 15 is 0 Å². The fourth-order valence-electron chi connectivity index (χ4n) is 2.76. The molecule has 0 aliphatic carbocycles. The molecule has 2 N–H and O–H groups in total. The van der Waals surface area contributed by atoms with Crippen molar-refractivity contribution in [2.75, 3.05) is 6.54 Å². The summed E-state index contributed by atoms with van der Waals surface area (Å²) in [6, 6.07) is 9.59. The molecule has 1 aromatic heterocycles. The van der Waals surface area contributed by atoms with Crippen LogP contribution in [-0.2, 0) is 11.3 Å². The summed E-state index contributed by atoms with van der Waals surface area (Å²) in [5.74, 6) is -0.245. The van der Waals surface area contributed by atoms with Crippen molar-refractivity contribution in [1.29, 1.82) is 0 Å². The molecule has 0 unspecified atom stereocenters. The summed E-state index contributed by atoms with van der Waals surface area (Å²) >= 11 is 0. The molecule has 6 nitrogen and oxygen atoms in total. The summed E-state index contributed by atoms with van der Waals surface area (Å²) in [5.41, 5.74) is 7.26. The lowest BCUT2D eigenvalue weighted by atomic mass is 10.0. The highest BCUT2D eigenvalue weighted by atomic mass is 16.1. The Morgan fingerprint density at radius 2 is 2.10 bits per heavy atom. The number of para-hydroxylation sites is 1. The predicted molar refractivity (Wildman–Crippen MR) is 78.6 cm³/mol. The van der Waals surface area contributed by atoms with Crippen molar-refractivity contribution in [1.82, 2.24) is 19.9 Å². The van der Waals surface area contributed by atoms with Crippen LogP contribution >= 0.6 is 0 Å². The zero-order valence-corrected chi connectivity index (χ0v) is 11.9. The minimum atomic E-state index is -0.245. The number of benzene rings is 1. The Hall–Kier alpha value is -2.21. The summed E-state index contributed by atoms with van der Waals surface area (Å²) in [5, 5.41) is 8.76. The Bertz CT molecular complexity index is 610. The largest absolute Gasteiger partial charge is 0.368 e. The molecule has 2 aromatic rings. The lowest BCUT2D eigenvalue weighted by Crippen LogP contribution is -2.47. The Balaban J connectivity index is 1.73. The average molecular weight is 285 g/mol. The van der Waals surface area contributed by atoms with Gasteiger partial charge in [0.15, 0.2) is 0 Å². The van der Waals surface area contributed by atoms with E-state index in [2.05, 4.69) is 15.1 Å². The fourth-order valence-corrected chi connectivity index (χ4v) is 2.76. The van der Waals surface area contributed by atoms with Crippen LogP contribution in [0.1, 0.15) is 25.0 Å². The first-order chi connectivity index (χ1) is 10.2. The quantitative estimate of drug-likeness (QED) is 0.912. The molecule has 1 aliphatic rings. The average Bonchev–Trinajstić information content (AvgIpc) is 2.97. The van der Waals surface area contributed by atoms with E-state index in [9.17, 15) is 4.79 Å². The van der Waals surface area contributed by atoms with Crippen LogP contribution in [-0.4, -0.2) is 38.4 Å². The van der Waals surface area contributed by atoms with Crippen molar-refractivity contribution >= 4 is 5.91 Å². The van der Waals surface area contributed by atoms with Gasteiger partial charge in [0.05, 0.1) is 23.6 Å². The minimum absolute atomic E-state index is 0.180. The van der Waals surface area contributed by atoms with Gasteiger partial charge in [0.1, 0.15) is 0 Å². The molecule has 1 amide bonds. The van der Waals surface area contributed by atoms with Gasteiger partial charge in [-0.15, -0.1) is 0 Å². The van der Waals surface area contributed by atoms with Gasteiger partial charge in [0.25, 0.3) is 0 Å². The SMILES string of the molecule is NC(=O)[C@@H]1CCCCN1Cc1cnn(-c2ccccc2)n1. The predicted octanol–water partition coefficient (Wildman–Crippen LogP) is 1.11. The number of primary amides is 1. The van der Waals surface area contributed by atoms with Gasteiger partial charge in [-0.1, -0.05) is 24.6 Å². The van der Waals surface area contributed by atoms with Crippen LogP contribution in [0.15, 0.2) is 36.5 Å². The number of hydrogen-bond acceptors (Lipinski definition) is 4. The van der Waals surface area contributed by atoms with Crippen molar-refractivity contribution in [3.05, 3.63) is 42.2 Å². The molecule has 1 aliphatic heterocycles. The maximum absolute atomic E-state index is 11.5. The second-order valence-corrected chi connectivity index (χ2v) is 5.35. The fraction of sp³-hybridized carbons (Fsp3) is 0.400. The Morgan fingerprint density at radius 3 is 2.86 bits per heavy atom. The van der Waals surface area contributed by atoms with Crippen LogP contribution in [0.2, 0.25) is 0 Å². The van der Waals surface area contributed by atoms with E-state index in [1.807, 2.05) is 30.3 Å².